The maximum Gasteiger partial charge on any atom is 0.335 e. The van der Waals surface area contributed by atoms with Crippen molar-refractivity contribution in [3.8, 4) is 11.8 Å². The number of hydrogen-bond acceptors (Lipinski definition) is 4. The Morgan fingerprint density at radius 1 is 1.07 bits per heavy atom. The standard InChI is InChI=1S/C20H13N3O4/c21-13-16(14-3-9-18(10-4-14)23(26)27)12-19-2-1-11-22(19)17-7-5-15(6-8-17)20(24)25/h1-12H,(H,24,25). The number of non-ortho nitro benzene ring substituents is 1. The van der Waals surface area contributed by atoms with Gasteiger partial charge in [-0.2, -0.15) is 5.26 Å². The molecule has 1 N–H and O–H groups in total. The van der Waals surface area contributed by atoms with E-state index in [0.717, 1.165) is 5.69 Å². The maximum atomic E-state index is 11.0. The van der Waals surface area contributed by atoms with Crippen molar-refractivity contribution >= 4 is 23.3 Å². The number of aromatic carboxylic acids is 1. The number of carboxylic acid groups (broad SMARTS) is 1. The van der Waals surface area contributed by atoms with Gasteiger partial charge < -0.3 is 9.67 Å². The summed E-state index contributed by atoms with van der Waals surface area (Å²) in [5.41, 5.74) is 2.53. The van der Waals surface area contributed by atoms with E-state index in [9.17, 15) is 20.2 Å². The Labute approximate surface area is 154 Å². The third kappa shape index (κ3) is 3.75. The van der Waals surface area contributed by atoms with E-state index in [0.29, 0.717) is 16.8 Å². The Morgan fingerprint density at radius 2 is 1.70 bits per heavy atom. The molecule has 0 atom stereocenters. The fourth-order valence-corrected chi connectivity index (χ4v) is 2.60. The van der Waals surface area contributed by atoms with Crippen molar-refractivity contribution in [2.45, 2.75) is 0 Å². The average molecular weight is 359 g/mol. The lowest BCUT2D eigenvalue weighted by Gasteiger charge is -2.08. The molecular weight excluding hydrogens is 346 g/mol. The highest BCUT2D eigenvalue weighted by Gasteiger charge is 2.09. The van der Waals surface area contributed by atoms with Gasteiger partial charge in [0.2, 0.25) is 0 Å². The van der Waals surface area contributed by atoms with Gasteiger partial charge in [-0.1, -0.05) is 0 Å². The second-order valence-corrected chi connectivity index (χ2v) is 5.63. The van der Waals surface area contributed by atoms with Crippen LogP contribution in [0.4, 0.5) is 5.69 Å². The lowest BCUT2D eigenvalue weighted by atomic mass is 10.1. The first-order valence-corrected chi connectivity index (χ1v) is 7.87. The molecule has 1 aromatic heterocycles. The first kappa shape index (κ1) is 17.6. The molecule has 3 aromatic rings. The molecule has 0 amide bonds. The van der Waals surface area contributed by atoms with Crippen molar-refractivity contribution in [2.24, 2.45) is 0 Å². The Balaban J connectivity index is 1.97. The zero-order chi connectivity index (χ0) is 19.4. The zero-order valence-electron chi connectivity index (χ0n) is 13.9. The molecule has 7 nitrogen and oxygen atoms in total. The van der Waals surface area contributed by atoms with Crippen LogP contribution in [0.1, 0.15) is 21.6 Å². The Kier molecular flexibility index (Phi) is 4.82. The number of nitrogens with zero attached hydrogens (tertiary/aromatic N) is 3. The Morgan fingerprint density at radius 3 is 2.26 bits per heavy atom. The minimum absolute atomic E-state index is 0.0436. The predicted octanol–water partition coefficient (Wildman–Crippen LogP) is 4.15. The first-order chi connectivity index (χ1) is 13.0. The molecule has 0 saturated carbocycles. The van der Waals surface area contributed by atoms with Crippen LogP contribution in [0.3, 0.4) is 0 Å². The lowest BCUT2D eigenvalue weighted by Crippen LogP contribution is -1.99. The van der Waals surface area contributed by atoms with Gasteiger partial charge in [0, 0.05) is 29.7 Å². The maximum absolute atomic E-state index is 11.0. The molecule has 0 spiro atoms. The molecular formula is C20H13N3O4. The van der Waals surface area contributed by atoms with Gasteiger partial charge in [-0.15, -0.1) is 0 Å². The normalized spacial score (nSPS) is 11.0. The predicted molar refractivity (Wildman–Crippen MR) is 99.3 cm³/mol. The molecule has 0 unspecified atom stereocenters. The molecule has 0 radical (unpaired) electrons. The molecule has 132 valence electrons. The summed E-state index contributed by atoms with van der Waals surface area (Å²) in [6, 6.07) is 17.9. The van der Waals surface area contributed by atoms with Crippen LogP contribution >= 0.6 is 0 Å². The van der Waals surface area contributed by atoms with E-state index in [-0.39, 0.29) is 11.3 Å². The molecule has 0 bridgehead atoms. The van der Waals surface area contributed by atoms with Crippen molar-refractivity contribution in [3.63, 3.8) is 0 Å². The largest absolute Gasteiger partial charge is 0.478 e. The highest BCUT2D eigenvalue weighted by Crippen LogP contribution is 2.23. The van der Waals surface area contributed by atoms with E-state index in [4.69, 9.17) is 5.11 Å². The van der Waals surface area contributed by atoms with Crippen molar-refractivity contribution in [3.05, 3.63) is 93.8 Å². The number of benzene rings is 2. The van der Waals surface area contributed by atoms with Gasteiger partial charge in [0.25, 0.3) is 5.69 Å². The molecule has 0 aliphatic carbocycles. The summed E-state index contributed by atoms with van der Waals surface area (Å²) in [7, 11) is 0. The van der Waals surface area contributed by atoms with Gasteiger partial charge in [-0.3, -0.25) is 10.1 Å². The Hall–Kier alpha value is -4.18. The summed E-state index contributed by atoms with van der Waals surface area (Å²) >= 11 is 0. The van der Waals surface area contributed by atoms with Crippen molar-refractivity contribution in [2.75, 3.05) is 0 Å². The van der Waals surface area contributed by atoms with Gasteiger partial charge in [0.15, 0.2) is 0 Å². The number of aromatic nitrogens is 1. The van der Waals surface area contributed by atoms with Gasteiger partial charge >= 0.3 is 5.97 Å². The molecule has 1 heterocycles. The highest BCUT2D eigenvalue weighted by molar-refractivity contribution is 5.90. The number of nitro benzene ring substituents is 1. The van der Waals surface area contributed by atoms with Crippen LogP contribution in [-0.4, -0.2) is 20.6 Å². The third-order valence-corrected chi connectivity index (χ3v) is 3.97. The topological polar surface area (TPSA) is 109 Å². The quantitative estimate of drug-likeness (QED) is 0.418. The molecule has 0 saturated heterocycles. The summed E-state index contributed by atoms with van der Waals surface area (Å²) in [6.45, 7) is 0. The summed E-state index contributed by atoms with van der Waals surface area (Å²) < 4.78 is 1.81. The van der Waals surface area contributed by atoms with Gasteiger partial charge in [0.05, 0.1) is 22.1 Å². The van der Waals surface area contributed by atoms with E-state index in [1.807, 2.05) is 16.7 Å². The molecule has 0 fully saturated rings. The molecule has 27 heavy (non-hydrogen) atoms. The van der Waals surface area contributed by atoms with Crippen LogP contribution in [0.15, 0.2) is 66.9 Å². The Bertz CT molecular complexity index is 1070. The monoisotopic (exact) mass is 359 g/mol. The number of rotatable bonds is 5. The fraction of sp³-hybridized carbons (Fsp3) is 0. The number of carboxylic acids is 1. The number of carbonyl (C=O) groups is 1. The minimum atomic E-state index is -1.00. The van der Waals surface area contributed by atoms with Crippen LogP contribution < -0.4 is 0 Å². The summed E-state index contributed by atoms with van der Waals surface area (Å²) in [5.74, 6) is -1.00. The van der Waals surface area contributed by atoms with Crippen molar-refractivity contribution in [1.82, 2.24) is 4.57 Å². The average Bonchev–Trinajstić information content (AvgIpc) is 3.14. The van der Waals surface area contributed by atoms with E-state index >= 15 is 0 Å². The molecule has 7 heteroatoms. The second kappa shape index (κ2) is 7.37. The second-order valence-electron chi connectivity index (χ2n) is 5.63. The van der Waals surface area contributed by atoms with E-state index in [2.05, 4.69) is 6.07 Å². The van der Waals surface area contributed by atoms with E-state index in [1.54, 1.807) is 24.4 Å². The van der Waals surface area contributed by atoms with Gasteiger partial charge in [0.1, 0.15) is 0 Å². The van der Waals surface area contributed by atoms with Gasteiger partial charge in [-0.25, -0.2) is 4.79 Å². The SMILES string of the molecule is N#CC(=Cc1cccn1-c1ccc(C(=O)O)cc1)c1ccc([N+](=O)[O-])cc1. The molecule has 0 aliphatic rings. The summed E-state index contributed by atoms with van der Waals surface area (Å²) in [6.07, 6.45) is 3.47. The summed E-state index contributed by atoms with van der Waals surface area (Å²) in [4.78, 5) is 21.2. The number of nitro groups is 1. The lowest BCUT2D eigenvalue weighted by molar-refractivity contribution is -0.384. The fourth-order valence-electron chi connectivity index (χ4n) is 2.60. The number of allylic oxidation sites excluding steroid dienone is 1. The third-order valence-electron chi connectivity index (χ3n) is 3.97. The molecule has 2 aromatic carbocycles. The minimum Gasteiger partial charge on any atom is -0.478 e. The van der Waals surface area contributed by atoms with Gasteiger partial charge in [-0.05, 0) is 60.2 Å². The van der Waals surface area contributed by atoms with E-state index < -0.39 is 10.9 Å². The van der Waals surface area contributed by atoms with Crippen LogP contribution in [-0.2, 0) is 0 Å². The van der Waals surface area contributed by atoms with Crippen LogP contribution in [0.5, 0.6) is 0 Å². The van der Waals surface area contributed by atoms with Crippen LogP contribution in [0, 0.1) is 21.4 Å². The van der Waals surface area contributed by atoms with Crippen molar-refractivity contribution < 1.29 is 14.8 Å². The summed E-state index contributed by atoms with van der Waals surface area (Å²) in [5, 5.41) is 29.2. The van der Waals surface area contributed by atoms with Crippen LogP contribution in [0.2, 0.25) is 0 Å². The van der Waals surface area contributed by atoms with Crippen molar-refractivity contribution in [1.29, 1.82) is 5.26 Å². The first-order valence-electron chi connectivity index (χ1n) is 7.87. The number of hydrogen-bond donors (Lipinski definition) is 1. The van der Waals surface area contributed by atoms with Crippen LogP contribution in [0.25, 0.3) is 17.3 Å². The highest BCUT2D eigenvalue weighted by atomic mass is 16.6. The smallest absolute Gasteiger partial charge is 0.335 e. The molecule has 3 rings (SSSR count). The van der Waals surface area contributed by atoms with E-state index in [1.165, 1.54) is 36.4 Å². The zero-order valence-corrected chi connectivity index (χ0v) is 13.9. The number of nitriles is 1. The molecule has 0 aliphatic heterocycles.